The molecule has 1 unspecified atom stereocenters. The Hall–Kier alpha value is -1.67. The van der Waals surface area contributed by atoms with Gasteiger partial charge in [0.2, 0.25) is 0 Å². The molecule has 1 N–H and O–H groups in total. The third kappa shape index (κ3) is 4.78. The fourth-order valence-corrected chi connectivity index (χ4v) is 2.31. The molecule has 106 valence electrons. The van der Waals surface area contributed by atoms with Crippen molar-refractivity contribution in [3.05, 3.63) is 65.5 Å². The summed E-state index contributed by atoms with van der Waals surface area (Å²) in [7, 11) is 0. The van der Waals surface area contributed by atoms with Crippen molar-refractivity contribution in [2.24, 2.45) is 0 Å². The molecule has 0 amide bonds. The highest BCUT2D eigenvalue weighted by Crippen LogP contribution is 2.10. The second kappa shape index (κ2) is 7.81. The number of hydrogen-bond donors (Lipinski definition) is 1. The van der Waals surface area contributed by atoms with Crippen molar-refractivity contribution in [2.45, 2.75) is 45.1 Å². The predicted molar refractivity (Wildman–Crippen MR) is 82.7 cm³/mol. The number of aromatic nitrogens is 1. The van der Waals surface area contributed by atoms with Crippen LogP contribution in [-0.2, 0) is 19.3 Å². The molecule has 2 aromatic rings. The van der Waals surface area contributed by atoms with Crippen LogP contribution in [0.1, 0.15) is 36.6 Å². The number of nitrogens with zero attached hydrogens (tertiary/aromatic N) is 1. The molecule has 1 aromatic carbocycles. The maximum Gasteiger partial charge on any atom is 0.0595 e. The summed E-state index contributed by atoms with van der Waals surface area (Å²) in [5, 5.41) is 10.1. The molecule has 2 nitrogen and oxygen atoms in total. The third-order valence-corrected chi connectivity index (χ3v) is 3.58. The van der Waals surface area contributed by atoms with Crippen molar-refractivity contribution in [2.75, 3.05) is 0 Å². The van der Waals surface area contributed by atoms with E-state index in [1.807, 2.05) is 18.3 Å². The summed E-state index contributed by atoms with van der Waals surface area (Å²) in [6.07, 6.45) is 6.14. The summed E-state index contributed by atoms with van der Waals surface area (Å²) in [5.74, 6) is 0. The molecule has 2 rings (SSSR count). The molecule has 1 atom stereocenters. The van der Waals surface area contributed by atoms with E-state index in [1.54, 1.807) is 0 Å². The maximum atomic E-state index is 10.1. The summed E-state index contributed by atoms with van der Waals surface area (Å²) >= 11 is 0. The van der Waals surface area contributed by atoms with E-state index in [-0.39, 0.29) is 6.10 Å². The molecule has 0 fully saturated rings. The molecule has 0 radical (unpaired) electrons. The monoisotopic (exact) mass is 269 g/mol. The molecule has 20 heavy (non-hydrogen) atoms. The molecule has 0 aliphatic rings. The van der Waals surface area contributed by atoms with Gasteiger partial charge in [0.25, 0.3) is 0 Å². The lowest BCUT2D eigenvalue weighted by Gasteiger charge is -2.10. The van der Waals surface area contributed by atoms with Crippen LogP contribution in [0, 0.1) is 0 Å². The number of aliphatic hydroxyl groups is 1. The van der Waals surface area contributed by atoms with Crippen LogP contribution >= 0.6 is 0 Å². The summed E-state index contributed by atoms with van der Waals surface area (Å²) in [6.45, 7) is 2.12. The van der Waals surface area contributed by atoms with Crippen LogP contribution < -0.4 is 0 Å². The van der Waals surface area contributed by atoms with Crippen molar-refractivity contribution in [3.8, 4) is 0 Å². The minimum atomic E-state index is -0.293. The van der Waals surface area contributed by atoms with Gasteiger partial charge in [0.1, 0.15) is 0 Å². The smallest absolute Gasteiger partial charge is 0.0595 e. The summed E-state index contributed by atoms with van der Waals surface area (Å²) < 4.78 is 0. The molecule has 1 aromatic heterocycles. The second-order valence-corrected chi connectivity index (χ2v) is 5.25. The lowest BCUT2D eigenvalue weighted by Crippen LogP contribution is -2.11. The van der Waals surface area contributed by atoms with E-state index in [0.29, 0.717) is 6.42 Å². The van der Waals surface area contributed by atoms with E-state index in [0.717, 1.165) is 31.4 Å². The normalized spacial score (nSPS) is 12.3. The van der Waals surface area contributed by atoms with Crippen molar-refractivity contribution in [1.29, 1.82) is 0 Å². The number of benzene rings is 1. The number of hydrogen-bond acceptors (Lipinski definition) is 2. The molecule has 0 spiro atoms. The zero-order chi connectivity index (χ0) is 14.2. The zero-order valence-corrected chi connectivity index (χ0v) is 12.1. The van der Waals surface area contributed by atoms with Crippen LogP contribution in [0.25, 0.3) is 0 Å². The van der Waals surface area contributed by atoms with Gasteiger partial charge in [-0.25, -0.2) is 0 Å². The van der Waals surface area contributed by atoms with Crippen LogP contribution in [0.5, 0.6) is 0 Å². The minimum Gasteiger partial charge on any atom is -0.393 e. The highest BCUT2D eigenvalue weighted by Gasteiger charge is 2.06. The highest BCUT2D eigenvalue weighted by atomic mass is 16.3. The lowest BCUT2D eigenvalue weighted by atomic mass is 10.0. The van der Waals surface area contributed by atoms with Crippen molar-refractivity contribution in [1.82, 2.24) is 4.98 Å². The average molecular weight is 269 g/mol. The van der Waals surface area contributed by atoms with Crippen LogP contribution in [-0.4, -0.2) is 16.2 Å². The first-order chi connectivity index (χ1) is 9.78. The molecule has 0 saturated heterocycles. The Bertz CT molecular complexity index is 493. The standard InChI is InChI=1S/C18H23NO/c1-2-15-11-12-17(19-14-15)13-18(20)10-6-9-16-7-4-3-5-8-16/h3-5,7-8,11-12,14,18,20H,2,6,9-10,13H2,1H3. The Labute approximate surface area is 121 Å². The highest BCUT2D eigenvalue weighted by molar-refractivity contribution is 5.15. The van der Waals surface area contributed by atoms with Gasteiger partial charge in [-0.3, -0.25) is 4.98 Å². The first kappa shape index (κ1) is 14.7. The Morgan fingerprint density at radius 3 is 2.50 bits per heavy atom. The molecule has 0 aliphatic heterocycles. The van der Waals surface area contributed by atoms with Crippen LogP contribution in [0.4, 0.5) is 0 Å². The largest absolute Gasteiger partial charge is 0.393 e. The predicted octanol–water partition coefficient (Wildman–Crippen LogP) is 3.57. The SMILES string of the molecule is CCc1ccc(CC(O)CCCc2ccccc2)nc1. The van der Waals surface area contributed by atoms with Crippen LogP contribution in [0.3, 0.4) is 0 Å². The van der Waals surface area contributed by atoms with E-state index in [9.17, 15) is 5.11 Å². The Morgan fingerprint density at radius 2 is 1.85 bits per heavy atom. The minimum absolute atomic E-state index is 0.293. The first-order valence-corrected chi connectivity index (χ1v) is 7.43. The molecule has 0 aliphatic carbocycles. The molecule has 2 heteroatoms. The van der Waals surface area contributed by atoms with Crippen molar-refractivity contribution < 1.29 is 5.11 Å². The molecular weight excluding hydrogens is 246 g/mol. The number of aliphatic hydroxyl groups excluding tert-OH is 1. The van der Waals surface area contributed by atoms with Crippen molar-refractivity contribution in [3.63, 3.8) is 0 Å². The fourth-order valence-electron chi connectivity index (χ4n) is 2.31. The van der Waals surface area contributed by atoms with Gasteiger partial charge in [-0.15, -0.1) is 0 Å². The van der Waals surface area contributed by atoms with Crippen LogP contribution in [0.15, 0.2) is 48.7 Å². The van der Waals surface area contributed by atoms with Gasteiger partial charge in [0.05, 0.1) is 6.10 Å². The maximum absolute atomic E-state index is 10.1. The van der Waals surface area contributed by atoms with E-state index >= 15 is 0 Å². The van der Waals surface area contributed by atoms with Gasteiger partial charge < -0.3 is 5.11 Å². The Morgan fingerprint density at radius 1 is 1.05 bits per heavy atom. The van der Waals surface area contributed by atoms with E-state index < -0.39 is 0 Å². The van der Waals surface area contributed by atoms with Crippen molar-refractivity contribution >= 4 is 0 Å². The summed E-state index contributed by atoms with van der Waals surface area (Å²) in [5.41, 5.74) is 3.56. The molecule has 1 heterocycles. The second-order valence-electron chi connectivity index (χ2n) is 5.25. The average Bonchev–Trinajstić information content (AvgIpc) is 2.49. The van der Waals surface area contributed by atoms with Gasteiger partial charge in [0.15, 0.2) is 0 Å². The number of rotatable bonds is 7. The molecule has 0 bridgehead atoms. The Kier molecular flexibility index (Phi) is 5.75. The fraction of sp³-hybridized carbons (Fsp3) is 0.389. The third-order valence-electron chi connectivity index (χ3n) is 3.58. The van der Waals surface area contributed by atoms with Gasteiger partial charge in [0, 0.05) is 18.3 Å². The lowest BCUT2D eigenvalue weighted by molar-refractivity contribution is 0.161. The summed E-state index contributed by atoms with van der Waals surface area (Å²) in [4.78, 5) is 4.40. The van der Waals surface area contributed by atoms with E-state index in [1.165, 1.54) is 11.1 Å². The molecular formula is C18H23NO. The van der Waals surface area contributed by atoms with E-state index in [2.05, 4.69) is 42.2 Å². The zero-order valence-electron chi connectivity index (χ0n) is 12.1. The topological polar surface area (TPSA) is 33.1 Å². The quantitative estimate of drug-likeness (QED) is 0.833. The van der Waals surface area contributed by atoms with Crippen LogP contribution in [0.2, 0.25) is 0 Å². The van der Waals surface area contributed by atoms with Gasteiger partial charge in [-0.1, -0.05) is 43.3 Å². The Balaban J connectivity index is 1.73. The summed E-state index contributed by atoms with van der Waals surface area (Å²) in [6, 6.07) is 14.5. The molecule has 0 saturated carbocycles. The van der Waals surface area contributed by atoms with Gasteiger partial charge >= 0.3 is 0 Å². The van der Waals surface area contributed by atoms with Gasteiger partial charge in [-0.05, 0) is 42.9 Å². The number of aryl methyl sites for hydroxylation is 2. The van der Waals surface area contributed by atoms with Gasteiger partial charge in [-0.2, -0.15) is 0 Å². The first-order valence-electron chi connectivity index (χ1n) is 7.43. The number of pyridine rings is 1. The van der Waals surface area contributed by atoms with E-state index in [4.69, 9.17) is 0 Å².